The summed E-state index contributed by atoms with van der Waals surface area (Å²) in [4.78, 5) is 21.7. The van der Waals surface area contributed by atoms with Gasteiger partial charge in [-0.25, -0.2) is 15.0 Å². The zero-order valence-electron chi connectivity index (χ0n) is 15.7. The van der Waals surface area contributed by atoms with Crippen LogP contribution in [0.1, 0.15) is 35.7 Å². The Kier molecular flexibility index (Phi) is 4.59. The van der Waals surface area contributed by atoms with Crippen LogP contribution in [0.5, 0.6) is 0 Å². The van der Waals surface area contributed by atoms with E-state index in [1.165, 1.54) is 18.4 Å². The van der Waals surface area contributed by atoms with E-state index in [1.807, 2.05) is 31.4 Å². The summed E-state index contributed by atoms with van der Waals surface area (Å²) in [5, 5.41) is 0. The quantitative estimate of drug-likeness (QED) is 0.783. The lowest BCUT2D eigenvalue weighted by Gasteiger charge is -2.31. The van der Waals surface area contributed by atoms with Gasteiger partial charge in [-0.05, 0) is 37.9 Å². The van der Waals surface area contributed by atoms with E-state index >= 15 is 0 Å². The van der Waals surface area contributed by atoms with Crippen LogP contribution in [0.15, 0.2) is 30.6 Å². The van der Waals surface area contributed by atoms with E-state index < -0.39 is 0 Å². The third-order valence-corrected chi connectivity index (χ3v) is 5.12. The van der Waals surface area contributed by atoms with E-state index in [1.54, 1.807) is 0 Å². The molecule has 2 aromatic heterocycles. The Morgan fingerprint density at radius 2 is 2.04 bits per heavy atom. The zero-order valence-corrected chi connectivity index (χ0v) is 15.7. The number of hydrogen-bond acceptors (Lipinski definition) is 5. The van der Waals surface area contributed by atoms with Crippen LogP contribution in [-0.4, -0.2) is 52.0 Å². The Balaban J connectivity index is 1.47. The number of aryl methyl sites for hydroxylation is 1. The number of para-hydroxylation sites is 1. The fourth-order valence-corrected chi connectivity index (χ4v) is 3.73. The van der Waals surface area contributed by atoms with Crippen molar-refractivity contribution in [3.8, 4) is 0 Å². The van der Waals surface area contributed by atoms with E-state index in [2.05, 4.69) is 45.0 Å². The zero-order chi connectivity index (χ0) is 18.1. The van der Waals surface area contributed by atoms with Gasteiger partial charge in [0.1, 0.15) is 5.82 Å². The molecule has 136 valence electrons. The van der Waals surface area contributed by atoms with Crippen molar-refractivity contribution in [2.45, 2.75) is 32.2 Å². The van der Waals surface area contributed by atoms with E-state index in [0.717, 1.165) is 48.0 Å². The van der Waals surface area contributed by atoms with Crippen LogP contribution >= 0.6 is 0 Å². The molecule has 1 aliphatic heterocycles. The number of fused-ring (bicyclic) bond motifs is 1. The molecule has 4 rings (SSSR count). The Morgan fingerprint density at radius 1 is 1.23 bits per heavy atom. The molecule has 0 bridgehead atoms. The van der Waals surface area contributed by atoms with Gasteiger partial charge in [0.2, 0.25) is 5.95 Å². The first kappa shape index (κ1) is 17.0. The Bertz CT molecular complexity index is 883. The highest BCUT2D eigenvalue weighted by Crippen LogP contribution is 2.28. The molecule has 1 fully saturated rings. The van der Waals surface area contributed by atoms with Gasteiger partial charge in [-0.1, -0.05) is 12.1 Å². The molecule has 0 saturated carbocycles. The maximum absolute atomic E-state index is 4.90. The highest BCUT2D eigenvalue weighted by molar-refractivity contribution is 5.78. The summed E-state index contributed by atoms with van der Waals surface area (Å²) in [6.07, 6.45) is 6.26. The van der Waals surface area contributed by atoms with E-state index in [0.29, 0.717) is 5.92 Å². The number of benzene rings is 1. The number of anilines is 1. The molecule has 1 N–H and O–H groups in total. The second kappa shape index (κ2) is 7.03. The number of imidazole rings is 1. The molecular formula is C20H26N6. The highest BCUT2D eigenvalue weighted by atomic mass is 15.2. The summed E-state index contributed by atoms with van der Waals surface area (Å²) in [5.74, 6) is 2.33. The molecule has 0 radical (unpaired) electrons. The monoisotopic (exact) mass is 350 g/mol. The van der Waals surface area contributed by atoms with Gasteiger partial charge in [0, 0.05) is 51.1 Å². The van der Waals surface area contributed by atoms with Crippen LogP contribution < -0.4 is 4.90 Å². The normalized spacial score (nSPS) is 18.3. The summed E-state index contributed by atoms with van der Waals surface area (Å²) in [7, 11) is 3.92. The number of rotatable bonds is 4. The van der Waals surface area contributed by atoms with Crippen molar-refractivity contribution >= 4 is 17.0 Å². The van der Waals surface area contributed by atoms with Crippen molar-refractivity contribution < 1.29 is 0 Å². The molecule has 6 nitrogen and oxygen atoms in total. The van der Waals surface area contributed by atoms with Crippen LogP contribution in [0, 0.1) is 6.92 Å². The number of H-pyrrole nitrogens is 1. The largest absolute Gasteiger partial charge is 0.347 e. The maximum atomic E-state index is 4.90. The van der Waals surface area contributed by atoms with Gasteiger partial charge < -0.3 is 9.88 Å². The van der Waals surface area contributed by atoms with Gasteiger partial charge in [0.15, 0.2) is 0 Å². The molecule has 6 heteroatoms. The van der Waals surface area contributed by atoms with Gasteiger partial charge in [-0.2, -0.15) is 0 Å². The number of aromatic nitrogens is 4. The predicted octanol–water partition coefficient (Wildman–Crippen LogP) is 3.11. The molecule has 3 aromatic rings. The third-order valence-electron chi connectivity index (χ3n) is 5.12. The molecule has 1 saturated heterocycles. The Hall–Kier alpha value is -2.47. The van der Waals surface area contributed by atoms with Crippen LogP contribution in [0.2, 0.25) is 0 Å². The molecule has 1 atom stereocenters. The fourth-order valence-electron chi connectivity index (χ4n) is 3.73. The highest BCUT2D eigenvalue weighted by Gasteiger charge is 2.24. The number of likely N-dealkylation sites (tertiary alicyclic amines) is 1. The summed E-state index contributed by atoms with van der Waals surface area (Å²) in [6, 6.07) is 6.32. The molecule has 0 aliphatic carbocycles. The van der Waals surface area contributed by atoms with E-state index in [-0.39, 0.29) is 0 Å². The SMILES string of the molecule is Cc1cccc2[nH]c([C@@H]3CCCN(Cc4cnc(N(C)C)nc4)C3)nc12. The van der Waals surface area contributed by atoms with E-state index in [4.69, 9.17) is 4.98 Å². The van der Waals surface area contributed by atoms with Gasteiger partial charge in [0.25, 0.3) is 0 Å². The molecule has 1 aromatic carbocycles. The lowest BCUT2D eigenvalue weighted by molar-refractivity contribution is 0.197. The average molecular weight is 350 g/mol. The van der Waals surface area contributed by atoms with Crippen molar-refractivity contribution in [2.75, 3.05) is 32.1 Å². The minimum Gasteiger partial charge on any atom is -0.347 e. The topological polar surface area (TPSA) is 60.9 Å². The number of aromatic amines is 1. The summed E-state index contributed by atoms with van der Waals surface area (Å²) >= 11 is 0. The average Bonchev–Trinajstić information content (AvgIpc) is 3.08. The van der Waals surface area contributed by atoms with Crippen LogP contribution in [0.4, 0.5) is 5.95 Å². The second-order valence-electron chi connectivity index (χ2n) is 7.45. The summed E-state index contributed by atoms with van der Waals surface area (Å²) in [5.41, 5.74) is 4.64. The number of hydrogen-bond donors (Lipinski definition) is 1. The van der Waals surface area contributed by atoms with E-state index in [9.17, 15) is 0 Å². The predicted molar refractivity (Wildman–Crippen MR) is 104 cm³/mol. The summed E-state index contributed by atoms with van der Waals surface area (Å²) in [6.45, 7) is 5.15. The molecule has 0 amide bonds. The van der Waals surface area contributed by atoms with Gasteiger partial charge in [0.05, 0.1) is 11.0 Å². The molecule has 3 heterocycles. The van der Waals surface area contributed by atoms with Crippen molar-refractivity contribution in [3.05, 3.63) is 47.5 Å². The molecular weight excluding hydrogens is 324 g/mol. The molecule has 26 heavy (non-hydrogen) atoms. The maximum Gasteiger partial charge on any atom is 0.224 e. The smallest absolute Gasteiger partial charge is 0.224 e. The lowest BCUT2D eigenvalue weighted by atomic mass is 9.97. The molecule has 0 unspecified atom stereocenters. The van der Waals surface area contributed by atoms with Crippen LogP contribution in [0.25, 0.3) is 11.0 Å². The Morgan fingerprint density at radius 3 is 2.77 bits per heavy atom. The van der Waals surface area contributed by atoms with Crippen molar-refractivity contribution in [1.82, 2.24) is 24.8 Å². The van der Waals surface area contributed by atoms with Crippen molar-refractivity contribution in [1.29, 1.82) is 0 Å². The third kappa shape index (κ3) is 3.42. The first-order chi connectivity index (χ1) is 12.6. The van der Waals surface area contributed by atoms with Crippen LogP contribution in [-0.2, 0) is 6.54 Å². The fraction of sp³-hybridized carbons (Fsp3) is 0.450. The first-order valence-electron chi connectivity index (χ1n) is 9.26. The molecule has 0 spiro atoms. The first-order valence-corrected chi connectivity index (χ1v) is 9.26. The standard InChI is InChI=1S/C20H26N6/c1-14-6-4-8-17-18(14)24-19(23-17)16-7-5-9-26(13-16)12-15-10-21-20(22-11-15)25(2)3/h4,6,8,10-11,16H,5,7,9,12-13H2,1-3H3,(H,23,24)/t16-/m1/s1. The lowest BCUT2D eigenvalue weighted by Crippen LogP contribution is -2.34. The van der Waals surface area contributed by atoms with Crippen molar-refractivity contribution in [2.24, 2.45) is 0 Å². The summed E-state index contributed by atoms with van der Waals surface area (Å²) < 4.78 is 0. The van der Waals surface area contributed by atoms with Gasteiger partial charge in [-0.15, -0.1) is 0 Å². The van der Waals surface area contributed by atoms with Crippen molar-refractivity contribution in [3.63, 3.8) is 0 Å². The second-order valence-corrected chi connectivity index (χ2v) is 7.45. The number of piperidine rings is 1. The minimum atomic E-state index is 0.456. The van der Waals surface area contributed by atoms with Gasteiger partial charge >= 0.3 is 0 Å². The number of nitrogens with one attached hydrogen (secondary N) is 1. The molecule has 1 aliphatic rings. The number of nitrogens with zero attached hydrogens (tertiary/aromatic N) is 5. The van der Waals surface area contributed by atoms with Crippen LogP contribution in [0.3, 0.4) is 0 Å². The van der Waals surface area contributed by atoms with Gasteiger partial charge in [-0.3, -0.25) is 4.90 Å². The minimum absolute atomic E-state index is 0.456. The Labute approximate surface area is 154 Å².